The van der Waals surface area contributed by atoms with Gasteiger partial charge in [0, 0.05) is 45.1 Å². The van der Waals surface area contributed by atoms with E-state index in [1.54, 1.807) is 4.90 Å². The maximum atomic E-state index is 12.6. The lowest BCUT2D eigenvalue weighted by molar-refractivity contribution is -0.133. The van der Waals surface area contributed by atoms with Crippen molar-refractivity contribution in [2.24, 2.45) is 5.92 Å². The lowest BCUT2D eigenvalue weighted by Gasteiger charge is -2.33. The van der Waals surface area contributed by atoms with Crippen molar-refractivity contribution in [3.8, 4) is 0 Å². The van der Waals surface area contributed by atoms with Crippen LogP contribution in [0.1, 0.15) is 44.6 Å². The Hall–Kier alpha value is -2.37. The third kappa shape index (κ3) is 5.08. The van der Waals surface area contributed by atoms with Crippen LogP contribution in [0, 0.1) is 5.92 Å². The monoisotopic (exact) mass is 371 g/mol. The summed E-state index contributed by atoms with van der Waals surface area (Å²) in [4.78, 5) is 40.5. The van der Waals surface area contributed by atoms with Crippen LogP contribution in [0.15, 0.2) is 30.3 Å². The summed E-state index contributed by atoms with van der Waals surface area (Å²) >= 11 is 0. The topological polar surface area (TPSA) is 69.7 Å². The highest BCUT2D eigenvalue weighted by molar-refractivity contribution is 5.89. The summed E-state index contributed by atoms with van der Waals surface area (Å²) in [6, 6.07) is 9.95. The minimum Gasteiger partial charge on any atom is -0.353 e. The van der Waals surface area contributed by atoms with Crippen LogP contribution >= 0.6 is 0 Å². The largest absolute Gasteiger partial charge is 0.353 e. The molecule has 6 heteroatoms. The maximum Gasteiger partial charge on any atom is 0.225 e. The molecule has 0 aromatic heterocycles. The van der Waals surface area contributed by atoms with Crippen LogP contribution in [-0.2, 0) is 20.9 Å². The summed E-state index contributed by atoms with van der Waals surface area (Å²) in [5, 5.41) is 3.10. The van der Waals surface area contributed by atoms with E-state index < -0.39 is 0 Å². The van der Waals surface area contributed by atoms with Gasteiger partial charge in [-0.2, -0.15) is 0 Å². The Morgan fingerprint density at radius 1 is 1.15 bits per heavy atom. The second kappa shape index (κ2) is 9.02. The first kappa shape index (κ1) is 19.4. The molecule has 0 aliphatic carbocycles. The van der Waals surface area contributed by atoms with Crippen molar-refractivity contribution in [2.45, 2.75) is 51.6 Å². The highest BCUT2D eigenvalue weighted by atomic mass is 16.2. The Balaban J connectivity index is 1.45. The highest BCUT2D eigenvalue weighted by Gasteiger charge is 2.35. The van der Waals surface area contributed by atoms with Gasteiger partial charge in [0.05, 0.1) is 5.92 Å². The van der Waals surface area contributed by atoms with Gasteiger partial charge in [-0.05, 0) is 24.8 Å². The van der Waals surface area contributed by atoms with E-state index in [2.05, 4.69) is 5.32 Å². The molecule has 146 valence electrons. The van der Waals surface area contributed by atoms with Gasteiger partial charge in [-0.25, -0.2) is 0 Å². The molecule has 1 atom stereocenters. The number of amides is 3. The van der Waals surface area contributed by atoms with Crippen molar-refractivity contribution < 1.29 is 14.4 Å². The van der Waals surface area contributed by atoms with E-state index in [1.165, 1.54) is 0 Å². The lowest BCUT2D eigenvalue weighted by Crippen LogP contribution is -2.48. The Bertz CT molecular complexity index is 669. The first-order chi connectivity index (χ1) is 13.1. The molecule has 0 radical (unpaired) electrons. The summed E-state index contributed by atoms with van der Waals surface area (Å²) in [5.74, 6) is -0.0579. The third-order valence-electron chi connectivity index (χ3n) is 5.46. The van der Waals surface area contributed by atoms with Crippen LogP contribution in [-0.4, -0.2) is 53.2 Å². The number of carbonyl (C=O) groups excluding carboxylic acids is 3. The van der Waals surface area contributed by atoms with Gasteiger partial charge in [0.25, 0.3) is 0 Å². The molecule has 0 saturated carbocycles. The second-order valence-electron chi connectivity index (χ2n) is 7.57. The summed E-state index contributed by atoms with van der Waals surface area (Å²) in [6.07, 6.45) is 3.32. The number of piperidine rings is 1. The molecular formula is C21H29N3O3. The number of hydrogen-bond donors (Lipinski definition) is 1. The van der Waals surface area contributed by atoms with Crippen molar-refractivity contribution in [3.05, 3.63) is 35.9 Å². The predicted octanol–water partition coefficient (Wildman–Crippen LogP) is 1.94. The van der Waals surface area contributed by atoms with Gasteiger partial charge < -0.3 is 15.1 Å². The fourth-order valence-corrected chi connectivity index (χ4v) is 3.87. The van der Waals surface area contributed by atoms with Gasteiger partial charge in [-0.1, -0.05) is 37.3 Å². The molecule has 3 amide bonds. The molecule has 3 rings (SSSR count). The fraction of sp³-hybridized carbons (Fsp3) is 0.571. The van der Waals surface area contributed by atoms with Gasteiger partial charge in [-0.15, -0.1) is 0 Å². The van der Waals surface area contributed by atoms with E-state index in [-0.39, 0.29) is 36.1 Å². The van der Waals surface area contributed by atoms with Crippen LogP contribution in [0.25, 0.3) is 0 Å². The standard InChI is InChI=1S/C21H29N3O3/c1-2-6-19(25)23-11-9-18(10-12-23)22-21(27)17-13-20(26)24(15-17)14-16-7-4-3-5-8-16/h3-5,7-8,17-18H,2,6,9-15H2,1H3,(H,22,27). The van der Waals surface area contributed by atoms with E-state index in [0.717, 1.165) is 24.8 Å². The maximum absolute atomic E-state index is 12.6. The van der Waals surface area contributed by atoms with Gasteiger partial charge >= 0.3 is 0 Å². The van der Waals surface area contributed by atoms with E-state index in [1.807, 2.05) is 42.2 Å². The van der Waals surface area contributed by atoms with Crippen molar-refractivity contribution in [1.29, 1.82) is 0 Å². The number of benzene rings is 1. The molecular weight excluding hydrogens is 342 g/mol. The highest BCUT2D eigenvalue weighted by Crippen LogP contribution is 2.21. The number of hydrogen-bond acceptors (Lipinski definition) is 3. The van der Waals surface area contributed by atoms with Crippen LogP contribution < -0.4 is 5.32 Å². The SMILES string of the molecule is CCCC(=O)N1CCC(NC(=O)C2CC(=O)N(Cc3ccccc3)C2)CC1. The first-order valence-electron chi connectivity index (χ1n) is 9.96. The van der Waals surface area contributed by atoms with Crippen molar-refractivity contribution in [3.63, 3.8) is 0 Å². The van der Waals surface area contributed by atoms with Crippen molar-refractivity contribution in [1.82, 2.24) is 15.1 Å². The van der Waals surface area contributed by atoms with Gasteiger partial charge in [0.15, 0.2) is 0 Å². The minimum absolute atomic E-state index is 0.0303. The molecule has 6 nitrogen and oxygen atoms in total. The minimum atomic E-state index is -0.277. The lowest BCUT2D eigenvalue weighted by atomic mass is 10.0. The summed E-state index contributed by atoms with van der Waals surface area (Å²) in [5.41, 5.74) is 1.08. The summed E-state index contributed by atoms with van der Waals surface area (Å²) < 4.78 is 0. The molecule has 2 heterocycles. The van der Waals surface area contributed by atoms with Crippen molar-refractivity contribution in [2.75, 3.05) is 19.6 Å². The predicted molar refractivity (Wildman–Crippen MR) is 103 cm³/mol. The van der Waals surface area contributed by atoms with E-state index in [9.17, 15) is 14.4 Å². The molecule has 1 aromatic rings. The normalized spacial score (nSPS) is 20.8. The third-order valence-corrected chi connectivity index (χ3v) is 5.46. The van der Waals surface area contributed by atoms with E-state index in [0.29, 0.717) is 32.6 Å². The van der Waals surface area contributed by atoms with Gasteiger partial charge in [0.2, 0.25) is 17.7 Å². The average molecular weight is 371 g/mol. The van der Waals surface area contributed by atoms with E-state index >= 15 is 0 Å². The number of nitrogens with one attached hydrogen (secondary N) is 1. The molecule has 2 saturated heterocycles. The van der Waals surface area contributed by atoms with Gasteiger partial charge in [0.1, 0.15) is 0 Å². The Morgan fingerprint density at radius 2 is 1.85 bits per heavy atom. The first-order valence-corrected chi connectivity index (χ1v) is 9.96. The number of nitrogens with zero attached hydrogens (tertiary/aromatic N) is 2. The fourth-order valence-electron chi connectivity index (χ4n) is 3.87. The van der Waals surface area contributed by atoms with Crippen LogP contribution in [0.5, 0.6) is 0 Å². The zero-order valence-electron chi connectivity index (χ0n) is 16.0. The summed E-state index contributed by atoms with van der Waals surface area (Å²) in [6.45, 7) is 4.45. The molecule has 0 bridgehead atoms. The summed E-state index contributed by atoms with van der Waals surface area (Å²) in [7, 11) is 0. The van der Waals surface area contributed by atoms with Crippen LogP contribution in [0.3, 0.4) is 0 Å². The molecule has 1 aromatic carbocycles. The van der Waals surface area contributed by atoms with Crippen molar-refractivity contribution >= 4 is 17.7 Å². The Morgan fingerprint density at radius 3 is 2.52 bits per heavy atom. The molecule has 1 N–H and O–H groups in total. The Kier molecular flexibility index (Phi) is 6.48. The smallest absolute Gasteiger partial charge is 0.225 e. The second-order valence-corrected chi connectivity index (χ2v) is 7.57. The zero-order valence-corrected chi connectivity index (χ0v) is 16.0. The number of rotatable bonds is 6. The molecule has 2 fully saturated rings. The van der Waals surface area contributed by atoms with E-state index in [4.69, 9.17) is 0 Å². The van der Waals surface area contributed by atoms with Crippen LogP contribution in [0.2, 0.25) is 0 Å². The average Bonchev–Trinajstić information content (AvgIpc) is 3.04. The van der Waals surface area contributed by atoms with Crippen LogP contribution in [0.4, 0.5) is 0 Å². The number of likely N-dealkylation sites (tertiary alicyclic amines) is 2. The molecule has 2 aliphatic rings. The number of carbonyl (C=O) groups is 3. The molecule has 2 aliphatic heterocycles. The molecule has 0 spiro atoms. The Labute approximate surface area is 160 Å². The molecule has 27 heavy (non-hydrogen) atoms. The zero-order chi connectivity index (χ0) is 19.2. The molecule has 1 unspecified atom stereocenters. The quantitative estimate of drug-likeness (QED) is 0.831. The van der Waals surface area contributed by atoms with Gasteiger partial charge in [-0.3, -0.25) is 14.4 Å².